The zero-order valence-electron chi connectivity index (χ0n) is 17.8. The second-order valence-electron chi connectivity index (χ2n) is 7.31. The predicted octanol–water partition coefficient (Wildman–Crippen LogP) is 0.861. The van der Waals surface area contributed by atoms with Crippen molar-refractivity contribution < 1.29 is 23.9 Å². The number of ether oxygens (including phenoxy) is 1. The summed E-state index contributed by atoms with van der Waals surface area (Å²) in [6.07, 6.45) is 1.48. The average molecular weight is 418 g/mol. The summed E-state index contributed by atoms with van der Waals surface area (Å²) in [4.78, 5) is 52.0. The molecule has 164 valence electrons. The molecule has 2 rings (SSSR count). The summed E-state index contributed by atoms with van der Waals surface area (Å²) in [6, 6.07) is 5.97. The molecule has 1 heterocycles. The third-order valence-corrected chi connectivity index (χ3v) is 4.73. The van der Waals surface area contributed by atoms with Gasteiger partial charge in [-0.15, -0.1) is 0 Å². The number of nitrogens with zero attached hydrogens (tertiary/aromatic N) is 2. The van der Waals surface area contributed by atoms with Crippen molar-refractivity contribution in [2.45, 2.75) is 32.2 Å². The molecule has 2 N–H and O–H groups in total. The molecule has 3 amide bonds. The van der Waals surface area contributed by atoms with Crippen LogP contribution >= 0.6 is 0 Å². The van der Waals surface area contributed by atoms with E-state index in [0.29, 0.717) is 30.9 Å². The molecule has 0 bridgehead atoms. The first kappa shape index (κ1) is 23.2. The Bertz CT molecular complexity index is 780. The van der Waals surface area contributed by atoms with E-state index in [-0.39, 0.29) is 30.7 Å². The van der Waals surface area contributed by atoms with E-state index in [1.807, 2.05) is 6.92 Å². The van der Waals surface area contributed by atoms with Gasteiger partial charge in [-0.1, -0.05) is 19.4 Å². The molecular weight excluding hydrogens is 388 g/mol. The number of piperazine rings is 1. The van der Waals surface area contributed by atoms with E-state index in [0.717, 1.165) is 12.8 Å². The van der Waals surface area contributed by atoms with E-state index in [4.69, 9.17) is 4.74 Å². The minimum atomic E-state index is -0.885. The van der Waals surface area contributed by atoms with E-state index in [9.17, 15) is 19.2 Å². The fourth-order valence-electron chi connectivity index (χ4n) is 3.06. The summed E-state index contributed by atoms with van der Waals surface area (Å²) in [5, 5.41) is 5.69. The van der Waals surface area contributed by atoms with Gasteiger partial charge in [0.05, 0.1) is 19.6 Å². The summed E-state index contributed by atoms with van der Waals surface area (Å²) in [5.74, 6) is -1.30. The van der Waals surface area contributed by atoms with Crippen LogP contribution in [0.4, 0.5) is 5.69 Å². The van der Waals surface area contributed by atoms with Gasteiger partial charge in [-0.3, -0.25) is 19.2 Å². The van der Waals surface area contributed by atoms with Gasteiger partial charge in [-0.2, -0.15) is 0 Å². The Morgan fingerprint density at radius 3 is 2.77 bits per heavy atom. The van der Waals surface area contributed by atoms with Crippen molar-refractivity contribution in [2.75, 3.05) is 45.7 Å². The maximum Gasteiger partial charge on any atom is 0.308 e. The van der Waals surface area contributed by atoms with Crippen molar-refractivity contribution in [3.05, 3.63) is 29.8 Å². The number of esters is 1. The van der Waals surface area contributed by atoms with Crippen molar-refractivity contribution in [3.8, 4) is 0 Å². The van der Waals surface area contributed by atoms with E-state index < -0.39 is 12.0 Å². The molecule has 1 aliphatic heterocycles. The third-order valence-electron chi connectivity index (χ3n) is 4.73. The van der Waals surface area contributed by atoms with Gasteiger partial charge in [0.1, 0.15) is 6.04 Å². The Morgan fingerprint density at radius 2 is 2.07 bits per heavy atom. The second kappa shape index (κ2) is 11.2. The van der Waals surface area contributed by atoms with Crippen LogP contribution in [0.3, 0.4) is 0 Å². The molecule has 1 aromatic rings. The topological polar surface area (TPSA) is 108 Å². The highest BCUT2D eigenvalue weighted by Crippen LogP contribution is 2.14. The number of anilines is 1. The Hall–Kier alpha value is -3.10. The van der Waals surface area contributed by atoms with Gasteiger partial charge < -0.3 is 25.2 Å². The number of unbranched alkanes of at least 4 members (excludes halogenated alkanes) is 1. The van der Waals surface area contributed by atoms with Gasteiger partial charge in [0.15, 0.2) is 0 Å². The van der Waals surface area contributed by atoms with Gasteiger partial charge in [0, 0.05) is 38.4 Å². The van der Waals surface area contributed by atoms with Gasteiger partial charge >= 0.3 is 5.97 Å². The van der Waals surface area contributed by atoms with Crippen LogP contribution in [0.15, 0.2) is 24.3 Å². The van der Waals surface area contributed by atoms with Crippen molar-refractivity contribution in [2.24, 2.45) is 0 Å². The molecule has 1 saturated heterocycles. The molecule has 0 radical (unpaired) electrons. The van der Waals surface area contributed by atoms with E-state index in [1.165, 1.54) is 9.80 Å². The highest BCUT2D eigenvalue weighted by atomic mass is 16.5. The minimum absolute atomic E-state index is 0.0612. The summed E-state index contributed by atoms with van der Waals surface area (Å²) in [6.45, 7) is 2.88. The Labute approximate surface area is 176 Å². The van der Waals surface area contributed by atoms with E-state index in [2.05, 4.69) is 10.6 Å². The molecule has 0 aliphatic carbocycles. The average Bonchev–Trinajstić information content (AvgIpc) is 2.73. The molecular formula is C21H30N4O5. The molecule has 0 spiro atoms. The van der Waals surface area contributed by atoms with Crippen molar-refractivity contribution >= 4 is 29.4 Å². The van der Waals surface area contributed by atoms with Crippen LogP contribution in [0.25, 0.3) is 0 Å². The monoisotopic (exact) mass is 418 g/mol. The van der Waals surface area contributed by atoms with Crippen LogP contribution < -0.4 is 10.6 Å². The number of nitrogens with one attached hydrogen (secondary N) is 2. The number of hydrogen-bond acceptors (Lipinski definition) is 6. The number of benzene rings is 1. The van der Waals surface area contributed by atoms with Crippen LogP contribution in [0.2, 0.25) is 0 Å². The molecule has 9 nitrogen and oxygen atoms in total. The van der Waals surface area contributed by atoms with Gasteiger partial charge in [-0.05, 0) is 24.6 Å². The molecule has 1 fully saturated rings. The fourth-order valence-corrected chi connectivity index (χ4v) is 3.06. The quantitative estimate of drug-likeness (QED) is 0.455. The summed E-state index contributed by atoms with van der Waals surface area (Å²) in [5.41, 5.74) is 1.12. The predicted molar refractivity (Wildman–Crippen MR) is 112 cm³/mol. The third kappa shape index (κ3) is 6.47. The zero-order valence-corrected chi connectivity index (χ0v) is 17.8. The number of carbonyl (C=O) groups is 4. The molecule has 1 aromatic carbocycles. The molecule has 9 heteroatoms. The van der Waals surface area contributed by atoms with Crippen LogP contribution in [-0.4, -0.2) is 79.9 Å². The maximum absolute atomic E-state index is 12.8. The lowest BCUT2D eigenvalue weighted by molar-refractivity contribution is -0.151. The van der Waals surface area contributed by atoms with Crippen molar-refractivity contribution in [1.29, 1.82) is 0 Å². The molecule has 0 aromatic heterocycles. The van der Waals surface area contributed by atoms with E-state index in [1.54, 1.807) is 38.4 Å². The first-order valence-electron chi connectivity index (χ1n) is 10.1. The van der Waals surface area contributed by atoms with Crippen molar-refractivity contribution in [1.82, 2.24) is 15.1 Å². The number of amides is 3. The molecule has 30 heavy (non-hydrogen) atoms. The maximum atomic E-state index is 12.8. The molecule has 1 aliphatic rings. The zero-order chi connectivity index (χ0) is 22.1. The highest BCUT2D eigenvalue weighted by Gasteiger charge is 2.34. The van der Waals surface area contributed by atoms with Crippen LogP contribution in [0.5, 0.6) is 0 Å². The van der Waals surface area contributed by atoms with Gasteiger partial charge in [0.2, 0.25) is 11.8 Å². The van der Waals surface area contributed by atoms with Gasteiger partial charge in [0.25, 0.3) is 5.91 Å². The normalized spacial score (nSPS) is 15.9. The Balaban J connectivity index is 1.98. The summed E-state index contributed by atoms with van der Waals surface area (Å²) in [7, 11) is 3.33. The van der Waals surface area contributed by atoms with Crippen LogP contribution in [0.1, 0.15) is 36.5 Å². The van der Waals surface area contributed by atoms with Crippen LogP contribution in [-0.2, 0) is 19.1 Å². The molecule has 0 saturated carbocycles. The fraction of sp³-hybridized carbons (Fsp3) is 0.524. The van der Waals surface area contributed by atoms with E-state index >= 15 is 0 Å². The van der Waals surface area contributed by atoms with Crippen molar-refractivity contribution in [3.63, 3.8) is 0 Å². The minimum Gasteiger partial charge on any atom is -0.466 e. The number of rotatable bonds is 9. The second-order valence-corrected chi connectivity index (χ2v) is 7.31. The SMILES string of the molecule is CCCCOC(=O)CC1C(=O)NCCN1C(=O)CNc1cccc(C(=O)N(C)C)c1. The molecule has 1 atom stereocenters. The van der Waals surface area contributed by atoms with Gasteiger partial charge in [-0.25, -0.2) is 0 Å². The Kier molecular flexibility index (Phi) is 8.64. The smallest absolute Gasteiger partial charge is 0.308 e. The highest BCUT2D eigenvalue weighted by molar-refractivity contribution is 5.95. The Morgan fingerprint density at radius 1 is 1.30 bits per heavy atom. The lowest BCUT2D eigenvalue weighted by Gasteiger charge is -2.34. The molecule has 1 unspecified atom stereocenters. The largest absolute Gasteiger partial charge is 0.466 e. The first-order chi connectivity index (χ1) is 14.3. The summed E-state index contributed by atoms with van der Waals surface area (Å²) >= 11 is 0. The number of carbonyl (C=O) groups excluding carboxylic acids is 4. The summed E-state index contributed by atoms with van der Waals surface area (Å²) < 4.78 is 5.14. The number of hydrogen-bond donors (Lipinski definition) is 2. The lowest BCUT2D eigenvalue weighted by atomic mass is 10.1. The first-order valence-corrected chi connectivity index (χ1v) is 10.1. The standard InChI is InChI=1S/C21H30N4O5/c1-4-5-11-30-19(27)13-17-20(28)22-9-10-25(17)18(26)14-23-16-8-6-7-15(12-16)21(29)24(2)3/h6-8,12,17,23H,4-5,9-11,13-14H2,1-3H3,(H,22,28). The lowest BCUT2D eigenvalue weighted by Crippen LogP contribution is -2.58. The van der Waals surface area contributed by atoms with Crippen LogP contribution in [0, 0.1) is 0 Å².